The number of carbonyl (C=O) groups is 7. The molecule has 74 heavy (non-hydrogen) atoms. The number of Topliss-reactive ketones (excluding diaryl/α,β-unsaturated/α-hetero) is 1. The van der Waals surface area contributed by atoms with Crippen molar-refractivity contribution in [2.75, 3.05) is 13.7 Å². The minimum absolute atomic E-state index is 0.0158. The van der Waals surface area contributed by atoms with Gasteiger partial charge in [-0.15, -0.1) is 0 Å². The summed E-state index contributed by atoms with van der Waals surface area (Å²) >= 11 is 0. The SMILES string of the molecule is CN=CCCCCCCCC(=O)O[C@@H](C(=O)O[C@H]1C[C@@]2(O)[C@@H](OC(=O)c3ccccc3)[C@@H]3[C@]4(OC(C)=O)CO[C@@H]4C[C@H](O)[C@@]3(C)C(=O)[C@H](OC(C)=O)C(=C1C)C2(C)C)[C@H](NC(=O)c1ccccc1)c1ccccc1. The normalized spacial score (nSPS) is 28.6. The second-order valence-corrected chi connectivity index (χ2v) is 20.6. The van der Waals surface area contributed by atoms with Gasteiger partial charge in [-0.3, -0.25) is 24.0 Å². The number of aliphatic hydroxyl groups excluding tert-OH is 1. The van der Waals surface area contributed by atoms with Crippen molar-refractivity contribution in [3.8, 4) is 0 Å². The molecule has 0 unspecified atom stereocenters. The van der Waals surface area contributed by atoms with Crippen LogP contribution in [-0.2, 0) is 52.4 Å². The van der Waals surface area contributed by atoms with Gasteiger partial charge >= 0.3 is 29.8 Å². The summed E-state index contributed by atoms with van der Waals surface area (Å²) in [6, 6.07) is 23.2. The van der Waals surface area contributed by atoms with Gasteiger partial charge in [0.05, 0.1) is 29.6 Å². The average Bonchev–Trinajstić information content (AvgIpc) is 3.37. The molecule has 1 aliphatic heterocycles. The Morgan fingerprint density at radius 2 is 1.43 bits per heavy atom. The number of fused-ring (bicyclic) bond motifs is 5. The standard InChI is InChI=1S/C57H68N2O15/c1-34-40(71-53(67)47(72-43(63)29-21-10-8-9-11-22-30-58-7)45(37-23-15-12-16-24-37)59-51(65)38-25-17-13-18-26-38)32-57(68)50(73-52(66)39-27-19-14-20-28-39)48-55(6,41(62)31-42-56(48,33-69-42)74-36(3)61)49(64)46(70-35(2)60)44(34)54(57,4)5/h12-20,23-28,30,40-42,45-48,50,62,68H,8-11,21-22,29,31-33H2,1-7H3,(H,59,65)/t40-,41-,42+,45+,46+,47+,48-,50-,55+,56-,57+/m0/s1. The van der Waals surface area contributed by atoms with Gasteiger partial charge in [0.2, 0.25) is 6.10 Å². The van der Waals surface area contributed by atoms with Gasteiger partial charge in [0.15, 0.2) is 17.5 Å². The van der Waals surface area contributed by atoms with Gasteiger partial charge in [0, 0.05) is 51.1 Å². The number of nitrogens with zero attached hydrogens (tertiary/aromatic N) is 1. The van der Waals surface area contributed by atoms with Crippen LogP contribution in [0.15, 0.2) is 107 Å². The Morgan fingerprint density at radius 1 is 0.824 bits per heavy atom. The number of rotatable bonds is 19. The van der Waals surface area contributed by atoms with Gasteiger partial charge in [-0.1, -0.05) is 99.8 Å². The number of aliphatic imine (C=N–C) groups is 1. The average molecular weight is 1020 g/mol. The van der Waals surface area contributed by atoms with E-state index in [2.05, 4.69) is 10.3 Å². The largest absolute Gasteiger partial charge is 0.455 e. The zero-order valence-corrected chi connectivity index (χ0v) is 43.1. The summed E-state index contributed by atoms with van der Waals surface area (Å²) in [5.41, 5.74) is -7.22. The first-order valence-corrected chi connectivity index (χ1v) is 25.3. The number of amides is 1. The van der Waals surface area contributed by atoms with Crippen LogP contribution in [-0.4, -0.2) is 119 Å². The molecule has 7 rings (SSSR count). The van der Waals surface area contributed by atoms with Crippen LogP contribution in [0, 0.1) is 16.7 Å². The van der Waals surface area contributed by atoms with Crippen LogP contribution in [0.1, 0.15) is 132 Å². The second-order valence-electron chi connectivity index (χ2n) is 20.6. The fraction of sp³-hybridized carbons (Fsp3) is 0.509. The highest BCUT2D eigenvalue weighted by Gasteiger charge is 2.78. The Bertz CT molecular complexity index is 2620. The number of benzene rings is 3. The maximum atomic E-state index is 15.8. The van der Waals surface area contributed by atoms with Crippen LogP contribution in [0.5, 0.6) is 0 Å². The van der Waals surface area contributed by atoms with E-state index >= 15 is 9.59 Å². The van der Waals surface area contributed by atoms with Crippen molar-refractivity contribution >= 4 is 47.8 Å². The predicted molar refractivity (Wildman–Crippen MR) is 268 cm³/mol. The minimum atomic E-state index is -2.44. The van der Waals surface area contributed by atoms with Crippen molar-refractivity contribution in [3.05, 3.63) is 119 Å². The summed E-state index contributed by atoms with van der Waals surface area (Å²) < 4.78 is 37.1. The second kappa shape index (κ2) is 22.9. The smallest absolute Gasteiger partial charge is 0.350 e. The molecule has 3 aromatic carbocycles. The Labute approximate surface area is 431 Å². The summed E-state index contributed by atoms with van der Waals surface area (Å²) in [4.78, 5) is 104. The Morgan fingerprint density at radius 3 is 2.03 bits per heavy atom. The quantitative estimate of drug-likeness (QED) is 0.0371. The summed E-state index contributed by atoms with van der Waals surface area (Å²) in [6.45, 7) is 8.01. The lowest BCUT2D eigenvalue weighted by molar-refractivity contribution is -0.346. The van der Waals surface area contributed by atoms with Crippen LogP contribution in [0.2, 0.25) is 0 Å². The maximum Gasteiger partial charge on any atom is 0.350 e. The zero-order valence-electron chi connectivity index (χ0n) is 43.1. The maximum absolute atomic E-state index is 15.8. The molecule has 3 aliphatic carbocycles. The van der Waals surface area contributed by atoms with Crippen molar-refractivity contribution in [1.82, 2.24) is 5.32 Å². The molecule has 0 radical (unpaired) electrons. The van der Waals surface area contributed by atoms with Crippen LogP contribution in [0.4, 0.5) is 0 Å². The number of esters is 5. The molecule has 17 heteroatoms. The molecule has 4 aliphatic rings. The van der Waals surface area contributed by atoms with Gasteiger partial charge in [-0.2, -0.15) is 0 Å². The number of hydrogen-bond acceptors (Lipinski definition) is 16. The van der Waals surface area contributed by atoms with E-state index in [0.717, 1.165) is 39.5 Å². The molecular formula is C57H68N2O15. The minimum Gasteiger partial charge on any atom is -0.455 e. The fourth-order valence-electron chi connectivity index (χ4n) is 11.7. The molecular weight excluding hydrogens is 953 g/mol. The van der Waals surface area contributed by atoms with E-state index in [1.165, 1.54) is 19.1 Å². The van der Waals surface area contributed by atoms with E-state index in [1.807, 2.05) is 6.21 Å². The summed E-state index contributed by atoms with van der Waals surface area (Å²) in [5, 5.41) is 29.1. The molecule has 2 saturated carbocycles. The van der Waals surface area contributed by atoms with E-state index in [4.69, 9.17) is 28.4 Å². The number of hydrogen-bond donors (Lipinski definition) is 3. The van der Waals surface area contributed by atoms with Gasteiger partial charge in [-0.25, -0.2) is 9.59 Å². The predicted octanol–water partition coefficient (Wildman–Crippen LogP) is 6.72. The van der Waals surface area contributed by atoms with Crippen molar-refractivity contribution in [1.29, 1.82) is 0 Å². The lowest BCUT2D eigenvalue weighted by atomic mass is 9.44. The monoisotopic (exact) mass is 1020 g/mol. The van der Waals surface area contributed by atoms with Gasteiger partial charge in [0.25, 0.3) is 5.91 Å². The molecule has 17 nitrogen and oxygen atoms in total. The van der Waals surface area contributed by atoms with Crippen LogP contribution in [0.25, 0.3) is 0 Å². The third-order valence-corrected chi connectivity index (χ3v) is 15.6. The first-order valence-electron chi connectivity index (χ1n) is 25.3. The highest BCUT2D eigenvalue weighted by atomic mass is 16.6. The van der Waals surface area contributed by atoms with Crippen molar-refractivity contribution in [2.24, 2.45) is 21.7 Å². The van der Waals surface area contributed by atoms with Crippen molar-refractivity contribution < 1.29 is 72.2 Å². The lowest BCUT2D eigenvalue weighted by Gasteiger charge is -2.67. The van der Waals surface area contributed by atoms with E-state index < -0.39 is 119 Å². The Hall–Kier alpha value is -6.56. The summed E-state index contributed by atoms with van der Waals surface area (Å²) in [7, 11) is 1.72. The zero-order chi connectivity index (χ0) is 53.6. The molecule has 3 fully saturated rings. The Kier molecular flexibility index (Phi) is 17.1. The number of ether oxygens (including phenoxy) is 6. The first kappa shape index (κ1) is 55.2. The van der Waals surface area contributed by atoms with Gasteiger partial charge in [0.1, 0.15) is 30.0 Å². The summed E-state index contributed by atoms with van der Waals surface area (Å²) in [5.74, 6) is -7.60. The molecule has 11 atom stereocenters. The van der Waals surface area contributed by atoms with E-state index in [-0.39, 0.29) is 41.7 Å². The summed E-state index contributed by atoms with van der Waals surface area (Å²) in [6.07, 6.45) is -4.09. The first-order chi connectivity index (χ1) is 35.2. The van der Waals surface area contributed by atoms with Gasteiger partial charge < -0.3 is 48.9 Å². The highest BCUT2D eigenvalue weighted by Crippen LogP contribution is 2.64. The molecule has 3 aromatic rings. The molecule has 396 valence electrons. The van der Waals surface area contributed by atoms with Crippen molar-refractivity contribution in [3.63, 3.8) is 0 Å². The van der Waals surface area contributed by atoms with E-state index in [1.54, 1.807) is 107 Å². The molecule has 3 N–H and O–H groups in total. The number of nitrogens with one attached hydrogen (secondary N) is 1. The number of ketones is 1. The van der Waals surface area contributed by atoms with Gasteiger partial charge in [-0.05, 0) is 80.3 Å². The lowest BCUT2D eigenvalue weighted by Crippen LogP contribution is -2.82. The third-order valence-electron chi connectivity index (χ3n) is 15.6. The number of aliphatic hydroxyl groups is 2. The van der Waals surface area contributed by atoms with Crippen molar-refractivity contribution in [2.45, 2.75) is 153 Å². The molecule has 1 saturated heterocycles. The fourth-order valence-corrected chi connectivity index (χ4v) is 11.7. The van der Waals surface area contributed by atoms with E-state index in [9.17, 15) is 34.2 Å². The number of unbranched alkanes of at least 4 members (excludes halogenated alkanes) is 5. The molecule has 0 aromatic heterocycles. The van der Waals surface area contributed by atoms with Crippen LogP contribution >= 0.6 is 0 Å². The number of carbonyl (C=O) groups excluding carboxylic acids is 7. The third kappa shape index (κ3) is 10.8. The molecule has 2 bridgehead atoms. The molecule has 0 spiro atoms. The Balaban J connectivity index is 1.36. The van der Waals surface area contributed by atoms with Crippen LogP contribution in [0.3, 0.4) is 0 Å². The molecule has 1 amide bonds. The highest BCUT2D eigenvalue weighted by molar-refractivity contribution is 5.96. The van der Waals surface area contributed by atoms with E-state index in [0.29, 0.717) is 18.4 Å². The topological polar surface area (TPSA) is 240 Å². The van der Waals surface area contributed by atoms with Crippen LogP contribution < -0.4 is 5.32 Å². The molecule has 1 heterocycles.